The molecule has 6 rings (SSSR count). The van der Waals surface area contributed by atoms with Gasteiger partial charge in [0.15, 0.2) is 0 Å². The fourth-order valence-corrected chi connectivity index (χ4v) is 11.6. The summed E-state index contributed by atoms with van der Waals surface area (Å²) in [5.74, 6) is 2.68. The van der Waals surface area contributed by atoms with E-state index in [1.165, 1.54) is 8.00 Å². The molecule has 1 atom stereocenters. The summed E-state index contributed by atoms with van der Waals surface area (Å²) >= 11 is 6.85. The van der Waals surface area contributed by atoms with Crippen LogP contribution in [0.15, 0.2) is 58.6 Å². The molecule has 0 saturated carbocycles. The SMILES string of the molecule is COc1ccccc1-n1c(CSc2ncnc3c2I2CC2N3)nc2cccc(Cl)c2c1=O. The van der Waals surface area contributed by atoms with Crippen molar-refractivity contribution in [2.45, 2.75) is 14.8 Å². The summed E-state index contributed by atoms with van der Waals surface area (Å²) in [6.45, 7) is 0. The van der Waals surface area contributed by atoms with E-state index in [9.17, 15) is 4.79 Å². The van der Waals surface area contributed by atoms with E-state index in [1.54, 1.807) is 35.8 Å². The number of ether oxygens (including phenoxy) is 1. The third kappa shape index (κ3) is 3.25. The number of benzene rings is 2. The summed E-state index contributed by atoms with van der Waals surface area (Å²) in [4.78, 5) is 27.5. The minimum atomic E-state index is -1.16. The van der Waals surface area contributed by atoms with Crippen LogP contribution in [0, 0.1) is 3.57 Å². The van der Waals surface area contributed by atoms with Crippen molar-refractivity contribution in [3.05, 3.63) is 73.6 Å². The van der Waals surface area contributed by atoms with Crippen molar-refractivity contribution >= 4 is 59.9 Å². The van der Waals surface area contributed by atoms with Crippen molar-refractivity contribution in [3.63, 3.8) is 0 Å². The average Bonchev–Trinajstić information content (AvgIpc) is 3.47. The molecule has 2 aromatic carbocycles. The first kappa shape index (κ1) is 20.3. The van der Waals surface area contributed by atoms with Crippen LogP contribution in [0.3, 0.4) is 0 Å². The molecule has 2 aromatic heterocycles. The van der Waals surface area contributed by atoms with Crippen LogP contribution in [0.1, 0.15) is 5.82 Å². The van der Waals surface area contributed by atoms with Crippen molar-refractivity contribution < 1.29 is 4.74 Å². The number of nitrogens with zero attached hydrogens (tertiary/aromatic N) is 4. The number of aromatic nitrogens is 4. The molecule has 2 aliphatic rings. The minimum absolute atomic E-state index is 0.215. The van der Waals surface area contributed by atoms with E-state index in [-0.39, 0.29) is 5.56 Å². The molecule has 162 valence electrons. The molecular formula is C22H17ClIN5O2S. The number of thioether (sulfide) groups is 1. The molecule has 0 aliphatic carbocycles. The predicted octanol–water partition coefficient (Wildman–Crippen LogP) is 4.57. The van der Waals surface area contributed by atoms with Crippen LogP contribution in [-0.2, 0) is 5.75 Å². The molecule has 7 nitrogen and oxygen atoms in total. The van der Waals surface area contributed by atoms with Crippen molar-refractivity contribution in [2.75, 3.05) is 16.9 Å². The van der Waals surface area contributed by atoms with E-state index in [1.807, 2.05) is 36.4 Å². The van der Waals surface area contributed by atoms with Gasteiger partial charge in [-0.1, -0.05) is 0 Å². The summed E-state index contributed by atoms with van der Waals surface area (Å²) in [5.41, 5.74) is 1.00. The first-order valence-electron chi connectivity index (χ1n) is 9.88. The summed E-state index contributed by atoms with van der Waals surface area (Å²) in [5, 5.41) is 5.29. The average molecular weight is 578 g/mol. The van der Waals surface area contributed by atoms with Gasteiger partial charge < -0.3 is 0 Å². The molecule has 0 amide bonds. The van der Waals surface area contributed by atoms with Gasteiger partial charge in [-0.25, -0.2) is 0 Å². The Balaban J connectivity index is 1.49. The number of methoxy groups -OCH3 is 1. The summed E-state index contributed by atoms with van der Waals surface area (Å²) < 4.78 is 10.4. The topological polar surface area (TPSA) is 81.9 Å². The Morgan fingerprint density at radius 2 is 2.12 bits per heavy atom. The Hall–Kier alpha value is -2.37. The molecule has 0 bridgehead atoms. The van der Waals surface area contributed by atoms with Crippen LogP contribution in [-0.4, -0.2) is 35.1 Å². The quantitative estimate of drug-likeness (QED) is 0.122. The molecule has 0 spiro atoms. The number of fused-ring (bicyclic) bond motifs is 4. The van der Waals surface area contributed by atoms with Crippen LogP contribution in [0.25, 0.3) is 16.6 Å². The van der Waals surface area contributed by atoms with Gasteiger partial charge in [0.05, 0.1) is 0 Å². The van der Waals surface area contributed by atoms with Gasteiger partial charge in [-0.05, 0) is 0 Å². The van der Waals surface area contributed by atoms with Crippen LogP contribution < -0.4 is 15.6 Å². The standard InChI is InChI=1S/C22H17ClIN5O2S/c1-31-15-8-3-2-7-14(15)29-17(27-13-6-4-5-12(23)18(13)22(29)30)10-32-21-19-20(25-11-26-21)28-16-9-24(16)19/h2-8,11,16H,9-10H2,1H3,(H,25,26,28). The van der Waals surface area contributed by atoms with Crippen molar-refractivity contribution in [1.29, 1.82) is 0 Å². The maximum atomic E-state index is 13.6. The summed E-state index contributed by atoms with van der Waals surface area (Å²) in [6, 6.07) is 12.8. The fourth-order valence-electron chi connectivity index (χ4n) is 3.88. The molecule has 1 fully saturated rings. The first-order valence-corrected chi connectivity index (χ1v) is 15.1. The fraction of sp³-hybridized carbons (Fsp3) is 0.182. The number of hydrogen-bond donors (Lipinski definition) is 1. The Morgan fingerprint density at radius 1 is 1.25 bits per heavy atom. The second-order valence-corrected chi connectivity index (χ2v) is 14.4. The van der Waals surface area contributed by atoms with Gasteiger partial charge >= 0.3 is 201 Å². The number of nitrogens with one attached hydrogen (secondary N) is 1. The molecule has 0 radical (unpaired) electrons. The molecule has 1 N–H and O–H groups in total. The number of para-hydroxylation sites is 2. The van der Waals surface area contributed by atoms with Crippen LogP contribution in [0.2, 0.25) is 5.02 Å². The Morgan fingerprint density at radius 3 is 3.00 bits per heavy atom. The molecule has 10 heteroatoms. The second-order valence-electron chi connectivity index (χ2n) is 7.27. The van der Waals surface area contributed by atoms with E-state index in [4.69, 9.17) is 21.3 Å². The van der Waals surface area contributed by atoms with Gasteiger partial charge in [-0.3, -0.25) is 0 Å². The first-order chi connectivity index (χ1) is 15.7. The zero-order valence-corrected chi connectivity index (χ0v) is 20.6. The predicted molar refractivity (Wildman–Crippen MR) is 135 cm³/mol. The summed E-state index contributed by atoms with van der Waals surface area (Å²) in [7, 11) is 1.59. The van der Waals surface area contributed by atoms with Crippen molar-refractivity contribution in [3.8, 4) is 11.4 Å². The molecule has 1 unspecified atom stereocenters. The van der Waals surface area contributed by atoms with E-state index in [0.717, 1.165) is 10.8 Å². The van der Waals surface area contributed by atoms with Crippen LogP contribution in [0.4, 0.5) is 5.82 Å². The molecule has 4 heterocycles. The molecule has 4 aromatic rings. The zero-order chi connectivity index (χ0) is 21.8. The monoisotopic (exact) mass is 577 g/mol. The number of rotatable bonds is 5. The number of hydrogen-bond acceptors (Lipinski definition) is 7. The van der Waals surface area contributed by atoms with Gasteiger partial charge in [0, 0.05) is 0 Å². The Bertz CT molecular complexity index is 1450. The second kappa shape index (κ2) is 7.89. The van der Waals surface area contributed by atoms with E-state index < -0.39 is 19.8 Å². The molecule has 1 saturated heterocycles. The van der Waals surface area contributed by atoms with Gasteiger partial charge in [0.25, 0.3) is 0 Å². The van der Waals surface area contributed by atoms with Crippen molar-refractivity contribution in [2.24, 2.45) is 0 Å². The van der Waals surface area contributed by atoms with Gasteiger partial charge in [-0.2, -0.15) is 0 Å². The van der Waals surface area contributed by atoms with Crippen LogP contribution in [0.5, 0.6) is 5.75 Å². The van der Waals surface area contributed by atoms with Crippen LogP contribution >= 0.6 is 43.2 Å². The number of halogens is 2. The Kier molecular flexibility index (Phi) is 4.99. The third-order valence-corrected chi connectivity index (χ3v) is 12.7. The van der Waals surface area contributed by atoms with E-state index in [0.29, 0.717) is 43.0 Å². The van der Waals surface area contributed by atoms with Gasteiger partial charge in [-0.15, -0.1) is 0 Å². The van der Waals surface area contributed by atoms with Gasteiger partial charge in [0.2, 0.25) is 0 Å². The molecular weight excluding hydrogens is 561 g/mol. The molecule has 2 aliphatic heterocycles. The van der Waals surface area contributed by atoms with E-state index >= 15 is 0 Å². The number of alkyl halides is 2. The Labute approximate surface area is 200 Å². The third-order valence-electron chi connectivity index (χ3n) is 5.39. The maximum absolute atomic E-state index is 13.6. The normalized spacial score (nSPS) is 17.1. The molecule has 32 heavy (non-hydrogen) atoms. The van der Waals surface area contributed by atoms with E-state index in [2.05, 4.69) is 15.3 Å². The summed E-state index contributed by atoms with van der Waals surface area (Å²) in [6.07, 6.45) is 1.61. The number of anilines is 1. The zero-order valence-electron chi connectivity index (χ0n) is 16.9. The van der Waals surface area contributed by atoms with Gasteiger partial charge in [0.1, 0.15) is 0 Å². The van der Waals surface area contributed by atoms with Crippen molar-refractivity contribution in [1.82, 2.24) is 19.5 Å².